The minimum Gasteiger partial charge on any atom is -0.507 e. The fourth-order valence-electron chi connectivity index (χ4n) is 8.35. The third kappa shape index (κ3) is 9.11. The van der Waals surface area contributed by atoms with Gasteiger partial charge in [-0.3, -0.25) is 19.2 Å². The lowest BCUT2D eigenvalue weighted by Gasteiger charge is -2.42. The number of cyclic esters (lactones) is 1. The molecule has 2 amide bonds. The predicted molar refractivity (Wildman–Crippen MR) is 210 cm³/mol. The molecule has 1 saturated heterocycles. The SMILES string of the molecule is COc1cc(C(CC(=O)NCC(=O)N2CC3CC(C2)c2cccc(=O)n2C3)c2c(O)cc3c(c2O)C(=O)O[C@@H](C)CCCC(=O)CCCC=C3)cc(OC)c1OC. The molecule has 0 spiro atoms. The Labute approximate surface area is 331 Å². The molecule has 2 bridgehead atoms. The average Bonchev–Trinajstić information content (AvgIpc) is 3.18. The summed E-state index contributed by atoms with van der Waals surface area (Å²) in [6.45, 7) is 2.81. The Morgan fingerprint density at radius 2 is 1.70 bits per heavy atom. The zero-order valence-electron chi connectivity index (χ0n) is 32.9. The van der Waals surface area contributed by atoms with E-state index < -0.39 is 35.4 Å². The van der Waals surface area contributed by atoms with Crippen molar-refractivity contribution in [3.8, 4) is 28.7 Å². The molecule has 1 fully saturated rings. The maximum absolute atomic E-state index is 13.9. The minimum atomic E-state index is -1.10. The van der Waals surface area contributed by atoms with E-state index in [9.17, 15) is 34.2 Å². The fourth-order valence-corrected chi connectivity index (χ4v) is 8.35. The molecule has 3 aromatic rings. The number of hydrogen-bond donors (Lipinski definition) is 3. The van der Waals surface area contributed by atoms with Crippen LogP contribution in [0.5, 0.6) is 28.7 Å². The molecule has 14 nitrogen and oxygen atoms in total. The first-order valence-corrected chi connectivity index (χ1v) is 19.4. The van der Waals surface area contributed by atoms with Crippen LogP contribution in [0.3, 0.4) is 0 Å². The zero-order chi connectivity index (χ0) is 40.8. The molecule has 14 heteroatoms. The second-order valence-electron chi connectivity index (χ2n) is 15.1. The van der Waals surface area contributed by atoms with Crippen molar-refractivity contribution < 1.29 is 48.3 Å². The van der Waals surface area contributed by atoms with Gasteiger partial charge < -0.3 is 43.9 Å². The molecule has 57 heavy (non-hydrogen) atoms. The van der Waals surface area contributed by atoms with Crippen LogP contribution in [0.25, 0.3) is 6.08 Å². The number of benzene rings is 2. The highest BCUT2D eigenvalue weighted by molar-refractivity contribution is 5.98. The topological polar surface area (TPSA) is 183 Å². The van der Waals surface area contributed by atoms with Crippen molar-refractivity contribution in [1.82, 2.24) is 14.8 Å². The number of rotatable bonds is 9. The molecule has 3 aliphatic rings. The van der Waals surface area contributed by atoms with Gasteiger partial charge in [0.25, 0.3) is 5.56 Å². The maximum atomic E-state index is 13.9. The smallest absolute Gasteiger partial charge is 0.342 e. The molecule has 4 atom stereocenters. The summed E-state index contributed by atoms with van der Waals surface area (Å²) in [7, 11) is 4.31. The molecule has 1 aromatic heterocycles. The van der Waals surface area contributed by atoms with E-state index in [2.05, 4.69) is 5.32 Å². The number of ether oxygens (including phenoxy) is 4. The second kappa shape index (κ2) is 18.0. The van der Waals surface area contributed by atoms with E-state index in [1.54, 1.807) is 52.8 Å². The third-order valence-electron chi connectivity index (χ3n) is 11.1. The van der Waals surface area contributed by atoms with Crippen LogP contribution in [0, 0.1) is 5.92 Å². The molecular weight excluding hydrogens is 734 g/mol. The normalized spacial score (nSPS) is 20.3. The number of piperidine rings is 1. The van der Waals surface area contributed by atoms with Gasteiger partial charge in [-0.15, -0.1) is 0 Å². The zero-order valence-corrected chi connectivity index (χ0v) is 32.9. The van der Waals surface area contributed by atoms with Gasteiger partial charge in [-0.05, 0) is 80.3 Å². The number of ketones is 1. The Morgan fingerprint density at radius 1 is 0.965 bits per heavy atom. The molecule has 2 aromatic carbocycles. The van der Waals surface area contributed by atoms with Gasteiger partial charge in [0.05, 0.1) is 34.0 Å². The van der Waals surface area contributed by atoms with Crippen LogP contribution in [0.15, 0.2) is 47.3 Å². The van der Waals surface area contributed by atoms with Crippen molar-refractivity contribution in [1.29, 1.82) is 0 Å². The van der Waals surface area contributed by atoms with Gasteiger partial charge in [-0.2, -0.15) is 0 Å². The second-order valence-corrected chi connectivity index (χ2v) is 15.1. The van der Waals surface area contributed by atoms with E-state index in [0.29, 0.717) is 63.7 Å². The number of carbonyl (C=O) groups is 4. The van der Waals surface area contributed by atoms with E-state index in [0.717, 1.165) is 12.1 Å². The van der Waals surface area contributed by atoms with Crippen LogP contribution < -0.4 is 25.1 Å². The van der Waals surface area contributed by atoms with Gasteiger partial charge in [0, 0.05) is 68.1 Å². The van der Waals surface area contributed by atoms with Gasteiger partial charge in [0.2, 0.25) is 17.6 Å². The Kier molecular flexibility index (Phi) is 12.9. The number of Topliss-reactive ketones (excluding diaryl/α,β-unsaturated/α-hetero) is 1. The summed E-state index contributed by atoms with van der Waals surface area (Å²) in [5.41, 5.74) is 1.11. The van der Waals surface area contributed by atoms with Crippen molar-refractivity contribution in [2.24, 2.45) is 5.92 Å². The van der Waals surface area contributed by atoms with Crippen LogP contribution in [-0.4, -0.2) is 90.3 Å². The number of likely N-dealkylation sites (tertiary alicyclic amines) is 1. The number of carbonyl (C=O) groups excluding carboxylic acids is 4. The average molecular weight is 786 g/mol. The first-order valence-electron chi connectivity index (χ1n) is 19.4. The molecule has 4 heterocycles. The van der Waals surface area contributed by atoms with Crippen molar-refractivity contribution in [2.75, 3.05) is 41.0 Å². The lowest BCUT2D eigenvalue weighted by molar-refractivity contribution is -0.135. The Morgan fingerprint density at radius 3 is 2.42 bits per heavy atom. The van der Waals surface area contributed by atoms with Crippen molar-refractivity contribution >= 4 is 29.6 Å². The number of esters is 1. The van der Waals surface area contributed by atoms with E-state index in [4.69, 9.17) is 18.9 Å². The fraction of sp³-hybridized carbons (Fsp3) is 0.465. The lowest BCUT2D eigenvalue weighted by Crippen LogP contribution is -2.51. The predicted octanol–water partition coefficient (Wildman–Crippen LogP) is 5.05. The minimum absolute atomic E-state index is 0.00378. The molecule has 3 aliphatic heterocycles. The molecule has 6 rings (SSSR count). The molecular formula is C43H51N3O11. The third-order valence-corrected chi connectivity index (χ3v) is 11.1. The Bertz CT molecular complexity index is 2080. The monoisotopic (exact) mass is 785 g/mol. The molecule has 3 N–H and O–H groups in total. The van der Waals surface area contributed by atoms with Crippen LogP contribution in [0.4, 0.5) is 0 Å². The number of aromatic nitrogens is 1. The standard InChI is InChI=1S/C43H51N3O11/c1-25-10-8-13-30(47)12-7-5-6-11-27-17-33(48)40(41(52)39(27)43(53)57-25)31(28-18-34(54-2)42(56-4)35(19-28)55-3)20-36(49)44-21-38(51)45-22-26-16-29(24-45)32-14-9-15-37(50)46(32)23-26/h6,9,11,14-15,17-19,25-26,29,31,48,52H,5,7-8,10,12-13,16,20-24H2,1-4H3,(H,44,49)/t25-,26?,29?,31?/m0/s1. The van der Waals surface area contributed by atoms with Crippen LogP contribution in [0.1, 0.15) is 103 Å². The Balaban J connectivity index is 1.32. The van der Waals surface area contributed by atoms with Crippen molar-refractivity contribution in [2.45, 2.75) is 82.8 Å². The van der Waals surface area contributed by atoms with E-state index in [1.165, 1.54) is 27.4 Å². The molecule has 3 unspecified atom stereocenters. The number of nitrogens with one attached hydrogen (secondary N) is 1. The lowest BCUT2D eigenvalue weighted by atomic mass is 9.83. The van der Waals surface area contributed by atoms with Crippen LogP contribution in [0.2, 0.25) is 0 Å². The molecule has 0 radical (unpaired) electrons. The first-order chi connectivity index (χ1) is 27.4. The number of methoxy groups -OCH3 is 3. The number of amides is 2. The number of hydrogen-bond acceptors (Lipinski definition) is 11. The van der Waals surface area contributed by atoms with Gasteiger partial charge in [0.1, 0.15) is 22.8 Å². The summed E-state index contributed by atoms with van der Waals surface area (Å²) in [5.74, 6) is -2.72. The summed E-state index contributed by atoms with van der Waals surface area (Å²) in [6, 6.07) is 9.72. The number of aromatic hydroxyl groups is 2. The van der Waals surface area contributed by atoms with Gasteiger partial charge in [-0.25, -0.2) is 4.79 Å². The number of fused-ring (bicyclic) bond motifs is 5. The van der Waals surface area contributed by atoms with Gasteiger partial charge in [-0.1, -0.05) is 18.2 Å². The number of phenolic OH excluding ortho intramolecular Hbond substituents is 2. The summed E-state index contributed by atoms with van der Waals surface area (Å²) < 4.78 is 24.3. The van der Waals surface area contributed by atoms with E-state index in [1.807, 2.05) is 6.07 Å². The summed E-state index contributed by atoms with van der Waals surface area (Å²) in [6.07, 6.45) is 6.19. The van der Waals surface area contributed by atoms with Crippen LogP contribution >= 0.6 is 0 Å². The quantitative estimate of drug-likeness (QED) is 0.247. The van der Waals surface area contributed by atoms with Gasteiger partial charge >= 0.3 is 5.97 Å². The highest BCUT2D eigenvalue weighted by Crippen LogP contribution is 2.48. The molecule has 304 valence electrons. The highest BCUT2D eigenvalue weighted by Gasteiger charge is 2.37. The van der Waals surface area contributed by atoms with Crippen molar-refractivity contribution in [3.63, 3.8) is 0 Å². The van der Waals surface area contributed by atoms with Crippen LogP contribution in [-0.2, 0) is 25.7 Å². The summed E-state index contributed by atoms with van der Waals surface area (Å²) in [4.78, 5) is 67.7. The largest absolute Gasteiger partial charge is 0.507 e. The molecule has 0 aliphatic carbocycles. The number of nitrogens with zero attached hydrogens (tertiary/aromatic N) is 2. The van der Waals surface area contributed by atoms with E-state index >= 15 is 0 Å². The maximum Gasteiger partial charge on any atom is 0.342 e. The Hall–Kier alpha value is -5.79. The first kappa shape index (κ1) is 40.9. The van der Waals surface area contributed by atoms with Crippen molar-refractivity contribution in [3.05, 3.63) is 80.8 Å². The molecule has 0 saturated carbocycles. The number of phenols is 2. The number of pyridine rings is 1. The number of allylic oxidation sites excluding steroid dienone is 1. The summed E-state index contributed by atoms with van der Waals surface area (Å²) >= 11 is 0. The highest BCUT2D eigenvalue weighted by atomic mass is 16.5. The van der Waals surface area contributed by atoms with E-state index in [-0.39, 0.29) is 76.0 Å². The summed E-state index contributed by atoms with van der Waals surface area (Å²) in [5, 5.41) is 26.4. The van der Waals surface area contributed by atoms with Gasteiger partial charge in [0.15, 0.2) is 11.5 Å².